The lowest BCUT2D eigenvalue weighted by atomic mass is 10.00. The molecule has 3 nitrogen and oxygen atoms in total. The number of para-hydroxylation sites is 1. The van der Waals surface area contributed by atoms with Crippen molar-refractivity contribution in [1.82, 2.24) is 5.32 Å². The van der Waals surface area contributed by atoms with Crippen LogP contribution in [0.15, 0.2) is 48.5 Å². The number of fused-ring (bicyclic) bond motifs is 1. The molecule has 0 saturated carbocycles. The number of ether oxygens (including phenoxy) is 1. The highest BCUT2D eigenvalue weighted by Crippen LogP contribution is 2.31. The molecule has 0 unspecified atom stereocenters. The average Bonchev–Trinajstić information content (AvgIpc) is 2.48. The van der Waals surface area contributed by atoms with Crippen molar-refractivity contribution in [1.29, 1.82) is 0 Å². The first kappa shape index (κ1) is 13.0. The van der Waals surface area contributed by atoms with E-state index in [1.54, 1.807) is 24.3 Å². The zero-order chi connectivity index (χ0) is 13.9. The van der Waals surface area contributed by atoms with E-state index in [4.69, 9.17) is 16.3 Å². The normalized spacial score (nSPS) is 16.9. The Morgan fingerprint density at radius 1 is 1.15 bits per heavy atom. The molecule has 1 N–H and O–H groups in total. The standard InChI is InChI=1S/C16H14ClNO2/c17-12-7-5-11(6-8-12)16(19)18-14-9-10-20-15-4-2-1-3-13(14)15/h1-8,14H,9-10H2,(H,18,19)/t14-/m1/s1. The van der Waals surface area contributed by atoms with E-state index in [0.717, 1.165) is 17.7 Å². The van der Waals surface area contributed by atoms with Gasteiger partial charge in [0.15, 0.2) is 0 Å². The molecule has 0 aromatic heterocycles. The molecule has 102 valence electrons. The van der Waals surface area contributed by atoms with E-state index < -0.39 is 0 Å². The molecule has 0 spiro atoms. The molecule has 1 aliphatic rings. The first-order chi connectivity index (χ1) is 9.74. The minimum atomic E-state index is -0.0941. The van der Waals surface area contributed by atoms with Crippen molar-refractivity contribution in [2.24, 2.45) is 0 Å². The molecule has 0 aliphatic carbocycles. The predicted octanol–water partition coefficient (Wildman–Crippen LogP) is 3.59. The summed E-state index contributed by atoms with van der Waals surface area (Å²) in [6, 6.07) is 14.7. The van der Waals surface area contributed by atoms with Gasteiger partial charge in [0, 0.05) is 22.6 Å². The van der Waals surface area contributed by atoms with Gasteiger partial charge in [-0.3, -0.25) is 4.79 Å². The van der Waals surface area contributed by atoms with Crippen LogP contribution >= 0.6 is 11.6 Å². The Morgan fingerprint density at radius 2 is 1.90 bits per heavy atom. The Balaban J connectivity index is 1.79. The second kappa shape index (κ2) is 5.55. The third-order valence-electron chi connectivity index (χ3n) is 3.37. The maximum Gasteiger partial charge on any atom is 0.251 e. The van der Waals surface area contributed by atoms with E-state index in [-0.39, 0.29) is 11.9 Å². The third kappa shape index (κ3) is 2.63. The summed E-state index contributed by atoms with van der Waals surface area (Å²) < 4.78 is 5.59. The third-order valence-corrected chi connectivity index (χ3v) is 3.62. The van der Waals surface area contributed by atoms with Crippen molar-refractivity contribution < 1.29 is 9.53 Å². The molecule has 0 fully saturated rings. The van der Waals surface area contributed by atoms with E-state index in [1.807, 2.05) is 24.3 Å². The monoisotopic (exact) mass is 287 g/mol. The maximum absolute atomic E-state index is 12.2. The Bertz CT molecular complexity index is 625. The van der Waals surface area contributed by atoms with Crippen LogP contribution in [0.1, 0.15) is 28.4 Å². The zero-order valence-electron chi connectivity index (χ0n) is 10.8. The second-order valence-electron chi connectivity index (χ2n) is 4.71. The smallest absolute Gasteiger partial charge is 0.251 e. The van der Waals surface area contributed by atoms with Gasteiger partial charge in [-0.05, 0) is 30.3 Å². The average molecular weight is 288 g/mol. The molecule has 2 aromatic carbocycles. The molecule has 3 rings (SSSR count). The lowest BCUT2D eigenvalue weighted by Gasteiger charge is -2.26. The highest BCUT2D eigenvalue weighted by molar-refractivity contribution is 6.30. The fourth-order valence-corrected chi connectivity index (χ4v) is 2.46. The largest absolute Gasteiger partial charge is 0.493 e. The van der Waals surface area contributed by atoms with Crippen LogP contribution in [0, 0.1) is 0 Å². The Labute approximate surface area is 122 Å². The van der Waals surface area contributed by atoms with E-state index >= 15 is 0 Å². The van der Waals surface area contributed by atoms with Crippen LogP contribution in [-0.2, 0) is 0 Å². The summed E-state index contributed by atoms with van der Waals surface area (Å²) in [4.78, 5) is 12.2. The number of benzene rings is 2. The fourth-order valence-electron chi connectivity index (χ4n) is 2.33. The van der Waals surface area contributed by atoms with Gasteiger partial charge in [-0.15, -0.1) is 0 Å². The number of carbonyl (C=O) groups excluding carboxylic acids is 1. The Hall–Kier alpha value is -2.00. The van der Waals surface area contributed by atoms with E-state index in [1.165, 1.54) is 0 Å². The van der Waals surface area contributed by atoms with Gasteiger partial charge in [-0.1, -0.05) is 29.8 Å². The lowest BCUT2D eigenvalue weighted by molar-refractivity contribution is 0.0925. The summed E-state index contributed by atoms with van der Waals surface area (Å²) in [5.41, 5.74) is 1.64. The van der Waals surface area contributed by atoms with Crippen LogP contribution in [0.25, 0.3) is 0 Å². The predicted molar refractivity (Wildman–Crippen MR) is 78.2 cm³/mol. The van der Waals surface area contributed by atoms with Gasteiger partial charge in [0.2, 0.25) is 0 Å². The maximum atomic E-state index is 12.2. The molecule has 1 aliphatic heterocycles. The van der Waals surface area contributed by atoms with E-state index in [0.29, 0.717) is 17.2 Å². The molecule has 0 radical (unpaired) electrons. The molecule has 1 heterocycles. The first-order valence-corrected chi connectivity index (χ1v) is 6.90. The van der Waals surface area contributed by atoms with Crippen molar-refractivity contribution in [2.45, 2.75) is 12.5 Å². The number of carbonyl (C=O) groups is 1. The van der Waals surface area contributed by atoms with Gasteiger partial charge in [-0.25, -0.2) is 0 Å². The number of halogens is 1. The summed E-state index contributed by atoms with van der Waals surface area (Å²) in [6.45, 7) is 0.614. The minimum Gasteiger partial charge on any atom is -0.493 e. The molecule has 20 heavy (non-hydrogen) atoms. The lowest BCUT2D eigenvalue weighted by Crippen LogP contribution is -2.32. The SMILES string of the molecule is O=C(N[C@@H]1CCOc2ccccc21)c1ccc(Cl)cc1. The molecular formula is C16H14ClNO2. The van der Waals surface area contributed by atoms with Gasteiger partial charge in [-0.2, -0.15) is 0 Å². The molecule has 0 saturated heterocycles. The van der Waals surface area contributed by atoms with E-state index in [2.05, 4.69) is 5.32 Å². The highest BCUT2D eigenvalue weighted by Gasteiger charge is 2.22. The zero-order valence-corrected chi connectivity index (χ0v) is 11.6. The summed E-state index contributed by atoms with van der Waals surface area (Å²) >= 11 is 5.83. The first-order valence-electron chi connectivity index (χ1n) is 6.52. The van der Waals surface area contributed by atoms with Crippen LogP contribution in [0.2, 0.25) is 5.02 Å². The van der Waals surface area contributed by atoms with Gasteiger partial charge in [0.1, 0.15) is 5.75 Å². The fraction of sp³-hybridized carbons (Fsp3) is 0.188. The van der Waals surface area contributed by atoms with Crippen LogP contribution in [0.3, 0.4) is 0 Å². The molecule has 1 atom stereocenters. The van der Waals surface area contributed by atoms with E-state index in [9.17, 15) is 4.79 Å². The summed E-state index contributed by atoms with van der Waals surface area (Å²) in [5, 5.41) is 3.67. The number of rotatable bonds is 2. The van der Waals surface area contributed by atoms with Crippen molar-refractivity contribution in [3.63, 3.8) is 0 Å². The van der Waals surface area contributed by atoms with Crippen molar-refractivity contribution in [2.75, 3.05) is 6.61 Å². The van der Waals surface area contributed by atoms with Crippen LogP contribution in [0.5, 0.6) is 5.75 Å². The van der Waals surface area contributed by atoms with Crippen molar-refractivity contribution in [3.8, 4) is 5.75 Å². The molecule has 0 bridgehead atoms. The molecule has 4 heteroatoms. The quantitative estimate of drug-likeness (QED) is 0.916. The number of nitrogens with one attached hydrogen (secondary N) is 1. The van der Waals surface area contributed by atoms with Crippen molar-refractivity contribution >= 4 is 17.5 Å². The van der Waals surface area contributed by atoms with Crippen molar-refractivity contribution in [3.05, 3.63) is 64.7 Å². The summed E-state index contributed by atoms with van der Waals surface area (Å²) in [6.07, 6.45) is 0.774. The second-order valence-corrected chi connectivity index (χ2v) is 5.14. The Morgan fingerprint density at radius 3 is 2.70 bits per heavy atom. The van der Waals surface area contributed by atoms with Gasteiger partial charge in [0.05, 0.1) is 12.6 Å². The molecular weight excluding hydrogens is 274 g/mol. The van der Waals surface area contributed by atoms with Gasteiger partial charge < -0.3 is 10.1 Å². The Kier molecular flexibility index (Phi) is 3.61. The molecule has 1 amide bonds. The number of hydrogen-bond acceptors (Lipinski definition) is 2. The number of amides is 1. The van der Waals surface area contributed by atoms with Gasteiger partial charge in [0.25, 0.3) is 5.91 Å². The van der Waals surface area contributed by atoms with Crippen LogP contribution in [0.4, 0.5) is 0 Å². The van der Waals surface area contributed by atoms with Crippen LogP contribution in [-0.4, -0.2) is 12.5 Å². The highest BCUT2D eigenvalue weighted by atomic mass is 35.5. The summed E-state index contributed by atoms with van der Waals surface area (Å²) in [7, 11) is 0. The minimum absolute atomic E-state index is 0.0110. The van der Waals surface area contributed by atoms with Gasteiger partial charge >= 0.3 is 0 Å². The van der Waals surface area contributed by atoms with Crippen LogP contribution < -0.4 is 10.1 Å². The topological polar surface area (TPSA) is 38.3 Å². The molecule has 2 aromatic rings. The number of hydrogen-bond donors (Lipinski definition) is 1. The summed E-state index contributed by atoms with van der Waals surface area (Å²) in [5.74, 6) is 0.753.